The lowest BCUT2D eigenvalue weighted by molar-refractivity contribution is -0.0835. The molecule has 1 saturated heterocycles. The van der Waals surface area contributed by atoms with Crippen LogP contribution in [0.1, 0.15) is 27.7 Å². The molecule has 130 valence electrons. The lowest BCUT2D eigenvalue weighted by Gasteiger charge is -2.36. The molecular formula is C16H35N3O2Si. The number of likely N-dealkylation sites (N-methyl/N-ethyl adjacent to an activating group) is 1. The fraction of sp³-hybridized carbons (Fsp3) is 1.00. The molecule has 0 saturated carbocycles. The molecule has 5 nitrogen and oxygen atoms in total. The van der Waals surface area contributed by atoms with Crippen LogP contribution in [-0.2, 0) is 9.47 Å². The Bertz CT molecular complexity index is 254. The van der Waals surface area contributed by atoms with Crippen molar-refractivity contribution in [3.8, 4) is 0 Å². The summed E-state index contributed by atoms with van der Waals surface area (Å²) in [6, 6.07) is 0. The Morgan fingerprint density at radius 3 is 1.95 bits per heavy atom. The summed E-state index contributed by atoms with van der Waals surface area (Å²) in [7, 11) is 0.712. The summed E-state index contributed by atoms with van der Waals surface area (Å²) in [5, 5.41) is 0. The van der Waals surface area contributed by atoms with Crippen molar-refractivity contribution in [2.45, 2.75) is 33.6 Å². The zero-order valence-corrected chi connectivity index (χ0v) is 16.0. The minimum atomic E-state index is -0.00399. The lowest BCUT2D eigenvalue weighted by Crippen LogP contribution is -2.50. The van der Waals surface area contributed by atoms with Crippen LogP contribution in [0, 0.1) is 0 Å². The van der Waals surface area contributed by atoms with Crippen molar-refractivity contribution >= 4 is 9.52 Å². The molecule has 22 heavy (non-hydrogen) atoms. The van der Waals surface area contributed by atoms with Gasteiger partial charge in [-0.25, -0.2) is 0 Å². The summed E-state index contributed by atoms with van der Waals surface area (Å²) in [6.45, 7) is 19.5. The number of hydrogen-bond acceptors (Lipinski definition) is 5. The summed E-state index contributed by atoms with van der Waals surface area (Å²) in [4.78, 5) is 7.65. The average Bonchev–Trinajstić information content (AvgIpc) is 2.55. The molecule has 0 spiro atoms. The highest BCUT2D eigenvalue weighted by Crippen LogP contribution is 2.03. The first-order valence-corrected chi connectivity index (χ1v) is 10.1. The molecule has 0 aromatic carbocycles. The van der Waals surface area contributed by atoms with Crippen molar-refractivity contribution in [3.63, 3.8) is 0 Å². The largest absolute Gasteiger partial charge is 0.357 e. The van der Waals surface area contributed by atoms with Crippen LogP contribution in [0.15, 0.2) is 0 Å². The lowest BCUT2D eigenvalue weighted by atomic mass is 10.3. The fourth-order valence-corrected chi connectivity index (χ4v) is 3.96. The van der Waals surface area contributed by atoms with Crippen molar-refractivity contribution in [3.05, 3.63) is 0 Å². The third kappa shape index (κ3) is 8.03. The van der Waals surface area contributed by atoms with Gasteiger partial charge in [0.25, 0.3) is 0 Å². The van der Waals surface area contributed by atoms with E-state index >= 15 is 0 Å². The van der Waals surface area contributed by atoms with Gasteiger partial charge in [-0.1, -0.05) is 13.8 Å². The smallest absolute Gasteiger partial charge is 0.138 e. The number of rotatable bonds is 12. The maximum atomic E-state index is 5.63. The molecule has 0 unspecified atom stereocenters. The Kier molecular flexibility index (Phi) is 11.3. The number of piperazine rings is 1. The molecule has 0 bridgehead atoms. The van der Waals surface area contributed by atoms with E-state index in [9.17, 15) is 0 Å². The Hall–Kier alpha value is 0.0169. The van der Waals surface area contributed by atoms with Crippen LogP contribution < -0.4 is 0 Å². The molecule has 0 aliphatic carbocycles. The zero-order chi connectivity index (χ0) is 16.2. The molecule has 0 aromatic rings. The van der Waals surface area contributed by atoms with Crippen LogP contribution in [0.5, 0.6) is 0 Å². The Balaban J connectivity index is 2.16. The van der Waals surface area contributed by atoms with Gasteiger partial charge in [-0.3, -0.25) is 4.90 Å². The molecule has 1 heterocycles. The van der Waals surface area contributed by atoms with Crippen molar-refractivity contribution < 1.29 is 9.47 Å². The molecule has 1 rings (SSSR count). The molecule has 0 N–H and O–H groups in total. The average molecular weight is 330 g/mol. The van der Waals surface area contributed by atoms with Gasteiger partial charge in [0.2, 0.25) is 0 Å². The summed E-state index contributed by atoms with van der Waals surface area (Å²) >= 11 is 0. The SMILES string of the molecule is CCOC(OCC)[Si]CN1CCN(CCN(CC)CC)CC1. The second kappa shape index (κ2) is 12.4. The highest BCUT2D eigenvalue weighted by molar-refractivity contribution is 6.36. The van der Waals surface area contributed by atoms with Crippen LogP contribution in [-0.4, -0.2) is 102 Å². The third-order valence-corrected chi connectivity index (χ3v) is 5.51. The van der Waals surface area contributed by atoms with E-state index in [2.05, 4.69) is 28.5 Å². The van der Waals surface area contributed by atoms with Crippen LogP contribution in [0.25, 0.3) is 0 Å². The Morgan fingerprint density at radius 2 is 1.45 bits per heavy atom. The molecule has 1 aliphatic heterocycles. The standard InChI is InChI=1S/C16H35N3O2Si/c1-5-17(6-2)9-10-18-11-13-19(14-12-18)15-22-16(20-7-3)21-8-4/h16H,5-15H2,1-4H3. The Labute approximate surface area is 139 Å². The first kappa shape index (κ1) is 20.1. The minimum Gasteiger partial charge on any atom is -0.357 e. The summed E-state index contributed by atoms with van der Waals surface area (Å²) in [5.41, 5.74) is 0. The van der Waals surface area contributed by atoms with E-state index in [1.807, 2.05) is 13.8 Å². The number of nitrogens with zero attached hydrogens (tertiary/aromatic N) is 3. The van der Waals surface area contributed by atoms with E-state index in [-0.39, 0.29) is 5.91 Å². The van der Waals surface area contributed by atoms with Crippen LogP contribution in [0.4, 0.5) is 0 Å². The summed E-state index contributed by atoms with van der Waals surface area (Å²) in [6.07, 6.45) is 1.11. The van der Waals surface area contributed by atoms with E-state index in [1.54, 1.807) is 0 Å². The van der Waals surface area contributed by atoms with E-state index in [1.165, 1.54) is 39.3 Å². The molecule has 0 atom stereocenters. The number of ether oxygens (including phenoxy) is 2. The summed E-state index contributed by atoms with van der Waals surface area (Å²) < 4.78 is 11.3. The normalized spacial score (nSPS) is 17.7. The van der Waals surface area contributed by atoms with Gasteiger partial charge in [0, 0.05) is 52.5 Å². The van der Waals surface area contributed by atoms with Crippen molar-refractivity contribution in [2.75, 3.05) is 71.7 Å². The van der Waals surface area contributed by atoms with Gasteiger partial charge in [-0.15, -0.1) is 0 Å². The molecule has 2 radical (unpaired) electrons. The van der Waals surface area contributed by atoms with Gasteiger partial charge in [-0.05, 0) is 33.1 Å². The molecule has 0 amide bonds. The summed E-state index contributed by atoms with van der Waals surface area (Å²) in [5.74, 6) is -0.00399. The predicted molar refractivity (Wildman–Crippen MR) is 93.5 cm³/mol. The predicted octanol–water partition coefficient (Wildman–Crippen LogP) is 0.964. The van der Waals surface area contributed by atoms with Crippen LogP contribution in [0.3, 0.4) is 0 Å². The minimum absolute atomic E-state index is 0.00399. The number of hydrogen-bond donors (Lipinski definition) is 0. The molecule has 1 fully saturated rings. The van der Waals surface area contributed by atoms with Crippen LogP contribution in [0.2, 0.25) is 0 Å². The van der Waals surface area contributed by atoms with Crippen LogP contribution >= 0.6 is 0 Å². The monoisotopic (exact) mass is 329 g/mol. The van der Waals surface area contributed by atoms with Gasteiger partial charge in [0.05, 0.1) is 0 Å². The first-order chi connectivity index (χ1) is 10.7. The highest BCUT2D eigenvalue weighted by Gasteiger charge is 2.19. The fourth-order valence-electron chi connectivity index (χ4n) is 2.67. The second-order valence-corrected chi connectivity index (χ2v) is 6.79. The third-order valence-electron chi connectivity index (χ3n) is 4.21. The molecular weight excluding hydrogens is 294 g/mol. The van der Waals surface area contributed by atoms with Crippen molar-refractivity contribution in [1.29, 1.82) is 0 Å². The topological polar surface area (TPSA) is 28.2 Å². The first-order valence-electron chi connectivity index (χ1n) is 8.87. The van der Waals surface area contributed by atoms with Gasteiger partial charge in [0.15, 0.2) is 0 Å². The van der Waals surface area contributed by atoms with Gasteiger partial charge in [0.1, 0.15) is 15.4 Å². The highest BCUT2D eigenvalue weighted by atomic mass is 28.2. The quantitative estimate of drug-likeness (QED) is 0.393. The van der Waals surface area contributed by atoms with E-state index in [4.69, 9.17) is 9.47 Å². The van der Waals surface area contributed by atoms with E-state index in [0.29, 0.717) is 9.52 Å². The van der Waals surface area contributed by atoms with Gasteiger partial charge < -0.3 is 19.3 Å². The molecule has 6 heteroatoms. The maximum Gasteiger partial charge on any atom is 0.138 e. The zero-order valence-electron chi connectivity index (χ0n) is 15.0. The van der Waals surface area contributed by atoms with E-state index < -0.39 is 0 Å². The maximum absolute atomic E-state index is 5.63. The van der Waals surface area contributed by atoms with Crippen molar-refractivity contribution in [1.82, 2.24) is 14.7 Å². The van der Waals surface area contributed by atoms with Gasteiger partial charge >= 0.3 is 0 Å². The molecule has 1 aliphatic rings. The second-order valence-electron chi connectivity index (χ2n) is 5.59. The van der Waals surface area contributed by atoms with Crippen molar-refractivity contribution in [2.24, 2.45) is 0 Å². The molecule has 0 aromatic heterocycles. The van der Waals surface area contributed by atoms with E-state index in [0.717, 1.165) is 32.5 Å². The Morgan fingerprint density at radius 1 is 0.909 bits per heavy atom. The van der Waals surface area contributed by atoms with Gasteiger partial charge in [-0.2, -0.15) is 0 Å².